The van der Waals surface area contributed by atoms with Gasteiger partial charge in [-0.05, 0) is 43.5 Å². The molecule has 1 aromatic heterocycles. The zero-order valence-electron chi connectivity index (χ0n) is 15.1. The number of sulfonamides is 1. The summed E-state index contributed by atoms with van der Waals surface area (Å²) in [6.07, 6.45) is 3.59. The highest BCUT2D eigenvalue weighted by Crippen LogP contribution is 2.24. The molecule has 1 saturated heterocycles. The summed E-state index contributed by atoms with van der Waals surface area (Å²) in [7, 11) is -6.94. The van der Waals surface area contributed by atoms with Crippen LogP contribution >= 0.6 is 0 Å². The van der Waals surface area contributed by atoms with Gasteiger partial charge in [0.05, 0.1) is 11.5 Å². The van der Waals surface area contributed by atoms with Crippen LogP contribution in [0.5, 0.6) is 0 Å². The molecule has 0 aliphatic carbocycles. The smallest absolute Gasteiger partial charge is 0.236 e. The minimum absolute atomic E-state index is 0.148. The van der Waals surface area contributed by atoms with Gasteiger partial charge in [-0.25, -0.2) is 16.8 Å². The summed E-state index contributed by atoms with van der Waals surface area (Å²) in [5, 5.41) is 0.644. The molecule has 0 saturated carbocycles. The Balaban J connectivity index is 1.61. The summed E-state index contributed by atoms with van der Waals surface area (Å²) in [6, 6.07) is 10.8. The molecule has 1 aliphatic heterocycles. The van der Waals surface area contributed by atoms with Gasteiger partial charge in [0.2, 0.25) is 10.0 Å². The summed E-state index contributed by atoms with van der Waals surface area (Å²) in [6.45, 7) is 2.36. The summed E-state index contributed by atoms with van der Waals surface area (Å²) in [5.41, 5.74) is 1.91. The van der Waals surface area contributed by atoms with E-state index in [1.807, 2.05) is 31.2 Å². The average molecular weight is 410 g/mol. The van der Waals surface area contributed by atoms with Crippen molar-refractivity contribution in [3.05, 3.63) is 65.0 Å². The van der Waals surface area contributed by atoms with Crippen LogP contribution in [0.15, 0.2) is 52.5 Å². The molecule has 0 bridgehead atoms. The molecule has 2 aromatic rings. The van der Waals surface area contributed by atoms with Crippen molar-refractivity contribution in [3.8, 4) is 0 Å². The molecule has 0 amide bonds. The van der Waals surface area contributed by atoms with Crippen molar-refractivity contribution in [2.24, 2.45) is 0 Å². The number of rotatable bonds is 6. The molecule has 0 unspecified atom stereocenters. The maximum absolute atomic E-state index is 12.5. The SMILES string of the molecule is Cc1ccc(/C=C/S(=O)(=O)N2CCC(S(=O)(=O)Cc3ccco3)CC2)cc1. The molecule has 27 heavy (non-hydrogen) atoms. The first-order valence-electron chi connectivity index (χ1n) is 8.75. The third kappa shape index (κ3) is 5.09. The van der Waals surface area contributed by atoms with E-state index in [-0.39, 0.29) is 18.8 Å². The number of hydrogen-bond acceptors (Lipinski definition) is 5. The van der Waals surface area contributed by atoms with Gasteiger partial charge in [-0.2, -0.15) is 4.31 Å². The molecule has 1 aromatic carbocycles. The molecule has 0 spiro atoms. The number of piperidine rings is 1. The molecule has 0 radical (unpaired) electrons. The Morgan fingerprint density at radius 3 is 2.33 bits per heavy atom. The fourth-order valence-corrected chi connectivity index (χ4v) is 6.03. The van der Waals surface area contributed by atoms with E-state index in [1.165, 1.54) is 16.0 Å². The molecule has 0 N–H and O–H groups in total. The first-order valence-corrected chi connectivity index (χ1v) is 12.0. The molecule has 8 heteroatoms. The predicted molar refractivity (Wildman–Crippen MR) is 105 cm³/mol. The second-order valence-electron chi connectivity index (χ2n) is 6.74. The third-order valence-electron chi connectivity index (χ3n) is 4.70. The van der Waals surface area contributed by atoms with Crippen molar-refractivity contribution in [1.29, 1.82) is 0 Å². The number of furan rings is 1. The Bertz CT molecular complexity index is 983. The van der Waals surface area contributed by atoms with Crippen molar-refractivity contribution in [3.63, 3.8) is 0 Å². The Morgan fingerprint density at radius 2 is 1.74 bits per heavy atom. The van der Waals surface area contributed by atoms with Gasteiger partial charge in [0, 0.05) is 18.5 Å². The molecule has 146 valence electrons. The van der Waals surface area contributed by atoms with Crippen molar-refractivity contribution in [1.82, 2.24) is 4.31 Å². The molecular weight excluding hydrogens is 386 g/mol. The lowest BCUT2D eigenvalue weighted by molar-refractivity contribution is 0.349. The van der Waals surface area contributed by atoms with Gasteiger partial charge in [0.25, 0.3) is 0 Å². The zero-order valence-corrected chi connectivity index (χ0v) is 16.7. The number of sulfone groups is 1. The largest absolute Gasteiger partial charge is 0.468 e. The molecule has 6 nitrogen and oxygen atoms in total. The monoisotopic (exact) mass is 409 g/mol. The van der Waals surface area contributed by atoms with E-state index in [9.17, 15) is 16.8 Å². The maximum Gasteiger partial charge on any atom is 0.236 e. The van der Waals surface area contributed by atoms with E-state index < -0.39 is 25.1 Å². The first kappa shape index (κ1) is 19.9. The number of hydrogen-bond donors (Lipinski definition) is 0. The standard InChI is InChI=1S/C19H23NO5S2/c1-16-4-6-17(7-5-16)10-14-27(23,24)20-11-8-19(9-12-20)26(21,22)15-18-3-2-13-25-18/h2-7,10,13-14,19H,8-9,11-12,15H2,1H3/b14-10+. The predicted octanol–water partition coefficient (Wildman–Crippen LogP) is 2.97. The van der Waals surface area contributed by atoms with Crippen LogP contribution in [0.2, 0.25) is 0 Å². The number of nitrogens with zero attached hydrogens (tertiary/aromatic N) is 1. The Morgan fingerprint density at radius 1 is 1.07 bits per heavy atom. The lowest BCUT2D eigenvalue weighted by atomic mass is 10.2. The summed E-state index contributed by atoms with van der Waals surface area (Å²) >= 11 is 0. The van der Waals surface area contributed by atoms with Crippen LogP contribution in [0.1, 0.15) is 29.7 Å². The Hall–Kier alpha value is -1.90. The quantitative estimate of drug-likeness (QED) is 0.732. The Labute approximate surface area is 160 Å². The summed E-state index contributed by atoms with van der Waals surface area (Å²) in [5.74, 6) is 0.260. The lowest BCUT2D eigenvalue weighted by Gasteiger charge is -2.29. The van der Waals surface area contributed by atoms with Crippen LogP contribution < -0.4 is 0 Å². The Kier molecular flexibility index (Phi) is 5.88. The van der Waals surface area contributed by atoms with Crippen LogP contribution in [0.4, 0.5) is 0 Å². The van der Waals surface area contributed by atoms with Crippen LogP contribution in [0, 0.1) is 6.92 Å². The van der Waals surface area contributed by atoms with Gasteiger partial charge in [-0.1, -0.05) is 29.8 Å². The highest BCUT2D eigenvalue weighted by Gasteiger charge is 2.33. The highest BCUT2D eigenvalue weighted by molar-refractivity contribution is 7.92. The molecule has 0 atom stereocenters. The van der Waals surface area contributed by atoms with Gasteiger partial charge in [0.1, 0.15) is 11.5 Å². The average Bonchev–Trinajstić information content (AvgIpc) is 3.14. The van der Waals surface area contributed by atoms with Gasteiger partial charge < -0.3 is 4.42 Å². The van der Waals surface area contributed by atoms with Crippen molar-refractivity contribution < 1.29 is 21.3 Å². The van der Waals surface area contributed by atoms with E-state index in [2.05, 4.69) is 0 Å². The maximum atomic E-state index is 12.5. The molecule has 1 fully saturated rings. The van der Waals surface area contributed by atoms with Gasteiger partial charge in [-0.3, -0.25) is 0 Å². The highest BCUT2D eigenvalue weighted by atomic mass is 32.2. The van der Waals surface area contributed by atoms with Crippen LogP contribution in [-0.4, -0.2) is 39.5 Å². The fourth-order valence-electron chi connectivity index (χ4n) is 3.08. The van der Waals surface area contributed by atoms with E-state index in [0.717, 1.165) is 11.1 Å². The fraction of sp³-hybridized carbons (Fsp3) is 0.368. The topological polar surface area (TPSA) is 84.7 Å². The van der Waals surface area contributed by atoms with Crippen LogP contribution in [0.25, 0.3) is 6.08 Å². The lowest BCUT2D eigenvalue weighted by Crippen LogP contribution is -2.41. The minimum Gasteiger partial charge on any atom is -0.468 e. The molecule has 1 aliphatic rings. The summed E-state index contributed by atoms with van der Waals surface area (Å²) in [4.78, 5) is 0. The minimum atomic E-state index is -3.57. The molecule has 3 rings (SSSR count). The molecule has 2 heterocycles. The van der Waals surface area contributed by atoms with Crippen LogP contribution in [0.3, 0.4) is 0 Å². The zero-order chi connectivity index (χ0) is 19.5. The van der Waals surface area contributed by atoms with Gasteiger partial charge in [0.15, 0.2) is 9.84 Å². The van der Waals surface area contributed by atoms with Crippen LogP contribution in [-0.2, 0) is 25.6 Å². The van der Waals surface area contributed by atoms with E-state index in [0.29, 0.717) is 18.6 Å². The normalized spacial score (nSPS) is 17.5. The second-order valence-corrected chi connectivity index (χ2v) is 10.8. The third-order valence-corrected chi connectivity index (χ3v) is 8.44. The number of aryl methyl sites for hydroxylation is 1. The summed E-state index contributed by atoms with van der Waals surface area (Å²) < 4.78 is 56.5. The van der Waals surface area contributed by atoms with E-state index in [1.54, 1.807) is 18.2 Å². The van der Waals surface area contributed by atoms with Crippen molar-refractivity contribution in [2.75, 3.05) is 13.1 Å². The van der Waals surface area contributed by atoms with Gasteiger partial charge in [-0.15, -0.1) is 0 Å². The number of benzene rings is 1. The van der Waals surface area contributed by atoms with Crippen molar-refractivity contribution in [2.45, 2.75) is 30.8 Å². The van der Waals surface area contributed by atoms with Crippen molar-refractivity contribution >= 4 is 25.9 Å². The van der Waals surface area contributed by atoms with Gasteiger partial charge >= 0.3 is 0 Å². The first-order chi connectivity index (χ1) is 12.8. The van der Waals surface area contributed by atoms with E-state index in [4.69, 9.17) is 4.42 Å². The molecular formula is C19H23NO5S2. The van der Waals surface area contributed by atoms with E-state index >= 15 is 0 Å². The second kappa shape index (κ2) is 8.00.